The lowest BCUT2D eigenvalue weighted by molar-refractivity contribution is -0.670. The number of nitrogens with two attached hydrogens (primary N) is 1. The number of benzene rings is 2. The largest absolute Gasteiger partial charge is 0.493 e. The van der Waals surface area contributed by atoms with Gasteiger partial charge in [0.2, 0.25) is 0 Å². The first-order valence-electron chi connectivity index (χ1n) is 8.01. The second-order valence-electron chi connectivity index (χ2n) is 5.26. The molecule has 0 radical (unpaired) electrons. The van der Waals surface area contributed by atoms with Crippen molar-refractivity contribution in [3.8, 4) is 17.2 Å². The highest BCUT2D eigenvalue weighted by Gasteiger charge is 2.06. The molecule has 23 heavy (non-hydrogen) atoms. The van der Waals surface area contributed by atoms with Crippen LogP contribution in [-0.2, 0) is 13.0 Å². The van der Waals surface area contributed by atoms with Crippen molar-refractivity contribution in [3.63, 3.8) is 0 Å². The second kappa shape index (κ2) is 9.06. The van der Waals surface area contributed by atoms with Gasteiger partial charge in [-0.25, -0.2) is 0 Å². The fourth-order valence-electron chi connectivity index (χ4n) is 2.53. The molecule has 0 heterocycles. The van der Waals surface area contributed by atoms with Crippen LogP contribution in [0.4, 0.5) is 0 Å². The third-order valence-electron chi connectivity index (χ3n) is 3.72. The summed E-state index contributed by atoms with van der Waals surface area (Å²) >= 11 is 0. The molecule has 2 aromatic carbocycles. The highest BCUT2D eigenvalue weighted by atomic mass is 16.5. The van der Waals surface area contributed by atoms with E-state index >= 15 is 0 Å². The lowest BCUT2D eigenvalue weighted by Crippen LogP contribution is -2.83. The molecule has 0 spiro atoms. The zero-order valence-electron chi connectivity index (χ0n) is 14.2. The van der Waals surface area contributed by atoms with Crippen LogP contribution in [0.25, 0.3) is 0 Å². The van der Waals surface area contributed by atoms with Crippen molar-refractivity contribution in [2.24, 2.45) is 0 Å². The maximum Gasteiger partial charge on any atom is 0.160 e. The van der Waals surface area contributed by atoms with Gasteiger partial charge in [-0.15, -0.1) is 0 Å². The lowest BCUT2D eigenvalue weighted by Gasteiger charge is -2.10. The van der Waals surface area contributed by atoms with Crippen molar-refractivity contribution in [1.82, 2.24) is 0 Å². The van der Waals surface area contributed by atoms with Crippen LogP contribution in [0, 0.1) is 0 Å². The van der Waals surface area contributed by atoms with Gasteiger partial charge in [0.05, 0.1) is 27.4 Å². The zero-order chi connectivity index (χ0) is 16.5. The number of methoxy groups -OCH3 is 2. The Labute approximate surface area is 138 Å². The number of hydrogen-bond acceptors (Lipinski definition) is 3. The molecule has 0 saturated heterocycles. The van der Waals surface area contributed by atoms with Gasteiger partial charge < -0.3 is 19.5 Å². The molecule has 0 atom stereocenters. The van der Waals surface area contributed by atoms with Crippen molar-refractivity contribution in [3.05, 3.63) is 53.6 Å². The van der Waals surface area contributed by atoms with Crippen molar-refractivity contribution in [1.29, 1.82) is 0 Å². The molecule has 4 heteroatoms. The summed E-state index contributed by atoms with van der Waals surface area (Å²) in [6.07, 6.45) is 0.983. The summed E-state index contributed by atoms with van der Waals surface area (Å²) in [6, 6.07) is 14.3. The van der Waals surface area contributed by atoms with E-state index in [1.165, 1.54) is 11.1 Å². The molecule has 0 aromatic heterocycles. The summed E-state index contributed by atoms with van der Waals surface area (Å²) in [5, 5.41) is 2.30. The molecule has 0 aliphatic rings. The third-order valence-corrected chi connectivity index (χ3v) is 3.72. The Hall–Kier alpha value is -2.20. The van der Waals surface area contributed by atoms with Gasteiger partial charge in [-0.05, 0) is 36.8 Å². The van der Waals surface area contributed by atoms with Gasteiger partial charge >= 0.3 is 0 Å². The average molecular weight is 316 g/mol. The summed E-state index contributed by atoms with van der Waals surface area (Å²) in [7, 11) is 3.32. The van der Waals surface area contributed by atoms with Crippen LogP contribution in [0.5, 0.6) is 17.2 Å². The first-order chi connectivity index (χ1) is 11.3. The van der Waals surface area contributed by atoms with Gasteiger partial charge in [0.25, 0.3) is 0 Å². The molecular formula is C19H26NO3+. The van der Waals surface area contributed by atoms with Crippen LogP contribution in [0.1, 0.15) is 18.1 Å². The Kier molecular flexibility index (Phi) is 6.76. The number of ether oxygens (including phenoxy) is 3. The summed E-state index contributed by atoms with van der Waals surface area (Å²) in [5.74, 6) is 2.54. The van der Waals surface area contributed by atoms with E-state index in [9.17, 15) is 0 Å². The Bertz CT molecular complexity index is 613. The van der Waals surface area contributed by atoms with Gasteiger partial charge in [0, 0.05) is 12.0 Å². The highest BCUT2D eigenvalue weighted by Crippen LogP contribution is 2.27. The van der Waals surface area contributed by atoms with Crippen molar-refractivity contribution >= 4 is 0 Å². The van der Waals surface area contributed by atoms with Gasteiger partial charge in [-0.3, -0.25) is 0 Å². The zero-order valence-corrected chi connectivity index (χ0v) is 14.2. The van der Waals surface area contributed by atoms with Crippen molar-refractivity contribution in [2.45, 2.75) is 19.9 Å². The molecular weight excluding hydrogens is 290 g/mol. The molecule has 0 bridgehead atoms. The van der Waals surface area contributed by atoms with E-state index in [1.807, 2.05) is 31.2 Å². The molecule has 2 rings (SSSR count). The minimum Gasteiger partial charge on any atom is -0.493 e. The first kappa shape index (κ1) is 17.2. The predicted octanol–water partition coefficient (Wildman–Crippen LogP) is 2.41. The predicted molar refractivity (Wildman–Crippen MR) is 91.4 cm³/mol. The smallest absolute Gasteiger partial charge is 0.160 e. The van der Waals surface area contributed by atoms with E-state index in [2.05, 4.69) is 23.5 Å². The first-order valence-corrected chi connectivity index (χ1v) is 8.01. The van der Waals surface area contributed by atoms with Crippen LogP contribution in [-0.4, -0.2) is 27.4 Å². The summed E-state index contributed by atoms with van der Waals surface area (Å²) < 4.78 is 16.3. The molecule has 0 fully saturated rings. The topological polar surface area (TPSA) is 44.3 Å². The van der Waals surface area contributed by atoms with Crippen LogP contribution >= 0.6 is 0 Å². The van der Waals surface area contributed by atoms with Gasteiger partial charge in [0.1, 0.15) is 12.3 Å². The number of quaternary nitrogens is 1. The van der Waals surface area contributed by atoms with Crippen molar-refractivity contribution < 1.29 is 19.5 Å². The summed E-state index contributed by atoms with van der Waals surface area (Å²) in [4.78, 5) is 0. The average Bonchev–Trinajstić information content (AvgIpc) is 2.60. The fourth-order valence-corrected chi connectivity index (χ4v) is 2.53. The van der Waals surface area contributed by atoms with Crippen LogP contribution in [0.3, 0.4) is 0 Å². The van der Waals surface area contributed by atoms with Crippen LogP contribution < -0.4 is 19.5 Å². The molecule has 0 aliphatic carbocycles. The molecule has 124 valence electrons. The van der Waals surface area contributed by atoms with E-state index in [0.717, 1.165) is 36.8 Å². The summed E-state index contributed by atoms with van der Waals surface area (Å²) in [6.45, 7) is 4.64. The lowest BCUT2D eigenvalue weighted by atomic mass is 10.1. The second-order valence-corrected chi connectivity index (χ2v) is 5.26. The Morgan fingerprint density at radius 2 is 1.70 bits per heavy atom. The maximum atomic E-state index is 5.66. The fraction of sp³-hybridized carbons (Fsp3) is 0.368. The molecule has 0 unspecified atom stereocenters. The van der Waals surface area contributed by atoms with E-state index in [4.69, 9.17) is 14.2 Å². The van der Waals surface area contributed by atoms with Gasteiger partial charge in [0.15, 0.2) is 11.5 Å². The van der Waals surface area contributed by atoms with E-state index in [0.29, 0.717) is 6.61 Å². The SMILES string of the molecule is CCOc1ccccc1C[NH2+]CCc1ccc(OC)c(OC)c1. The standard InChI is InChI=1S/C19H25NO3/c1-4-23-17-8-6-5-7-16(17)14-20-12-11-15-9-10-18(21-2)19(13-15)22-3/h5-10,13,20H,4,11-12,14H2,1-3H3/p+1. The Morgan fingerprint density at radius 1 is 0.913 bits per heavy atom. The Morgan fingerprint density at radius 3 is 2.43 bits per heavy atom. The molecule has 4 nitrogen and oxygen atoms in total. The maximum absolute atomic E-state index is 5.66. The van der Waals surface area contributed by atoms with Gasteiger partial charge in [-0.1, -0.05) is 18.2 Å². The monoisotopic (exact) mass is 316 g/mol. The van der Waals surface area contributed by atoms with E-state index < -0.39 is 0 Å². The normalized spacial score (nSPS) is 10.4. The van der Waals surface area contributed by atoms with Gasteiger partial charge in [-0.2, -0.15) is 0 Å². The molecule has 0 aliphatic heterocycles. The van der Waals surface area contributed by atoms with Crippen molar-refractivity contribution in [2.75, 3.05) is 27.4 Å². The third kappa shape index (κ3) is 4.89. The number of para-hydroxylation sites is 1. The highest BCUT2D eigenvalue weighted by molar-refractivity contribution is 5.42. The van der Waals surface area contributed by atoms with E-state index in [-0.39, 0.29) is 0 Å². The minimum absolute atomic E-state index is 0.697. The Balaban J connectivity index is 1.86. The molecule has 0 amide bonds. The van der Waals surface area contributed by atoms with E-state index in [1.54, 1.807) is 14.2 Å². The van der Waals surface area contributed by atoms with Crippen LogP contribution in [0.2, 0.25) is 0 Å². The minimum atomic E-state index is 0.697. The number of hydrogen-bond donors (Lipinski definition) is 1. The number of rotatable bonds is 9. The summed E-state index contributed by atoms with van der Waals surface area (Å²) in [5.41, 5.74) is 2.48. The molecule has 2 N–H and O–H groups in total. The molecule has 2 aromatic rings. The quantitative estimate of drug-likeness (QED) is 0.723. The molecule has 0 saturated carbocycles. The van der Waals surface area contributed by atoms with Crippen LogP contribution in [0.15, 0.2) is 42.5 Å².